The molecule has 1 aliphatic rings. The van der Waals surface area contributed by atoms with Crippen LogP contribution in [-0.2, 0) is 11.3 Å². The van der Waals surface area contributed by atoms with Crippen LogP contribution >= 0.6 is 24.0 Å². The van der Waals surface area contributed by atoms with Gasteiger partial charge in [0.25, 0.3) is 5.91 Å². The summed E-state index contributed by atoms with van der Waals surface area (Å²) in [5.74, 6) is -0.0612. The van der Waals surface area contributed by atoms with Gasteiger partial charge < -0.3 is 4.57 Å². The third kappa shape index (κ3) is 3.27. The lowest BCUT2D eigenvalue weighted by Crippen LogP contribution is -2.22. The van der Waals surface area contributed by atoms with Crippen molar-refractivity contribution in [2.24, 2.45) is 0 Å². The normalized spacial score (nSPS) is 15.7. The van der Waals surface area contributed by atoms with Crippen LogP contribution in [-0.4, -0.2) is 26.7 Å². The fourth-order valence-electron chi connectivity index (χ4n) is 3.09. The molecule has 0 atom stereocenters. The highest BCUT2D eigenvalue weighted by atomic mass is 32.2. The number of nitriles is 1. The van der Waals surface area contributed by atoms with Crippen molar-refractivity contribution < 1.29 is 4.79 Å². The lowest BCUT2D eigenvalue weighted by Gasteiger charge is -2.05. The Morgan fingerprint density at radius 3 is 2.59 bits per heavy atom. The molecule has 4 rings (SSSR count). The van der Waals surface area contributed by atoms with E-state index in [1.165, 1.54) is 16.7 Å². The minimum Gasteiger partial charge on any atom is -0.342 e. The van der Waals surface area contributed by atoms with Crippen LogP contribution in [0.15, 0.2) is 59.6 Å². The molecule has 0 saturated carbocycles. The van der Waals surface area contributed by atoms with Gasteiger partial charge in [0.05, 0.1) is 16.5 Å². The number of fused-ring (bicyclic) bond motifs is 1. The molecule has 4 nitrogen and oxygen atoms in total. The molecule has 3 aromatic rings. The number of rotatable bonds is 3. The number of benzene rings is 2. The first-order valence-electron chi connectivity index (χ1n) is 8.35. The Balaban J connectivity index is 1.74. The van der Waals surface area contributed by atoms with Crippen LogP contribution in [0.3, 0.4) is 0 Å². The smallest absolute Gasteiger partial charge is 0.265 e. The van der Waals surface area contributed by atoms with E-state index in [2.05, 4.69) is 29.0 Å². The van der Waals surface area contributed by atoms with Crippen molar-refractivity contribution >= 4 is 51.2 Å². The molecular formula is C21H15N3OS2. The maximum Gasteiger partial charge on any atom is 0.265 e. The summed E-state index contributed by atoms with van der Waals surface area (Å²) < 4.78 is 2.74. The summed E-state index contributed by atoms with van der Waals surface area (Å²) in [6.45, 7) is 0.689. The molecule has 0 N–H and O–H groups in total. The first-order chi connectivity index (χ1) is 13.1. The van der Waals surface area contributed by atoms with Gasteiger partial charge in [-0.25, -0.2) is 0 Å². The molecule has 1 saturated heterocycles. The molecule has 1 amide bonds. The molecule has 6 heteroatoms. The highest BCUT2D eigenvalue weighted by Crippen LogP contribution is 2.33. The Bertz CT molecular complexity index is 1140. The lowest BCUT2D eigenvalue weighted by atomic mass is 10.1. The van der Waals surface area contributed by atoms with E-state index in [0.717, 1.165) is 22.0 Å². The van der Waals surface area contributed by atoms with Gasteiger partial charge in [-0.15, -0.1) is 0 Å². The van der Waals surface area contributed by atoms with Crippen LogP contribution in [0.25, 0.3) is 17.0 Å². The number of hydrogen-bond donors (Lipinski definition) is 0. The summed E-state index contributed by atoms with van der Waals surface area (Å²) in [7, 11) is 1.70. The Morgan fingerprint density at radius 1 is 1.19 bits per heavy atom. The van der Waals surface area contributed by atoms with Gasteiger partial charge in [-0.3, -0.25) is 9.69 Å². The number of carbonyl (C=O) groups excluding carboxylic acids is 1. The lowest BCUT2D eigenvalue weighted by molar-refractivity contribution is -0.121. The number of likely N-dealkylation sites (N-methyl/N-ethyl adjacent to an activating group) is 1. The predicted octanol–water partition coefficient (Wildman–Crippen LogP) is 4.39. The van der Waals surface area contributed by atoms with Crippen molar-refractivity contribution in [1.82, 2.24) is 9.47 Å². The second-order valence-electron chi connectivity index (χ2n) is 6.28. The van der Waals surface area contributed by atoms with Crippen LogP contribution in [0, 0.1) is 11.3 Å². The standard InChI is InChI=1S/C21H15N3OS2/c1-23-20(25)19(27-21(23)26)10-16-13-24(18-5-3-2-4-17(16)18)12-15-8-6-14(11-22)7-9-15/h2-10,13H,12H2,1H3/b19-10-. The van der Waals surface area contributed by atoms with Gasteiger partial charge in [0.15, 0.2) is 0 Å². The number of amides is 1. The first kappa shape index (κ1) is 17.5. The Hall–Kier alpha value is -2.88. The zero-order valence-corrected chi connectivity index (χ0v) is 16.2. The highest BCUT2D eigenvalue weighted by molar-refractivity contribution is 8.26. The van der Waals surface area contributed by atoms with Crippen molar-refractivity contribution in [3.8, 4) is 6.07 Å². The first-order valence-corrected chi connectivity index (χ1v) is 9.58. The van der Waals surface area contributed by atoms with E-state index in [9.17, 15) is 4.79 Å². The maximum atomic E-state index is 12.3. The van der Waals surface area contributed by atoms with Crippen molar-refractivity contribution in [3.05, 3.63) is 76.3 Å². The monoisotopic (exact) mass is 389 g/mol. The molecule has 1 aromatic heterocycles. The van der Waals surface area contributed by atoms with Crippen molar-refractivity contribution in [1.29, 1.82) is 5.26 Å². The molecule has 2 aromatic carbocycles. The minimum atomic E-state index is -0.0612. The summed E-state index contributed by atoms with van der Waals surface area (Å²) in [6, 6.07) is 17.9. The number of aromatic nitrogens is 1. The van der Waals surface area contributed by atoms with Crippen molar-refractivity contribution in [3.63, 3.8) is 0 Å². The average Bonchev–Trinajstić information content (AvgIpc) is 3.15. The van der Waals surface area contributed by atoms with Crippen LogP contribution in [0.4, 0.5) is 0 Å². The quantitative estimate of drug-likeness (QED) is 0.492. The molecule has 0 aliphatic carbocycles. The Morgan fingerprint density at radius 2 is 1.93 bits per heavy atom. The number of hydrogen-bond acceptors (Lipinski definition) is 4. The molecule has 132 valence electrons. The van der Waals surface area contributed by atoms with E-state index in [1.54, 1.807) is 7.05 Å². The molecule has 1 fully saturated rings. The van der Waals surface area contributed by atoms with E-state index < -0.39 is 0 Å². The van der Waals surface area contributed by atoms with Gasteiger partial charge in [0.2, 0.25) is 0 Å². The van der Waals surface area contributed by atoms with Crippen LogP contribution < -0.4 is 0 Å². The summed E-state index contributed by atoms with van der Waals surface area (Å²) in [5, 5.41) is 10.0. The predicted molar refractivity (Wildman–Crippen MR) is 113 cm³/mol. The summed E-state index contributed by atoms with van der Waals surface area (Å²) in [5.41, 5.74) is 3.85. The third-order valence-corrected chi connectivity index (χ3v) is 6.01. The largest absolute Gasteiger partial charge is 0.342 e. The molecule has 1 aliphatic heterocycles. The SMILES string of the molecule is CN1C(=O)/C(=C/c2cn(Cc3ccc(C#N)cc3)c3ccccc23)SC1=S. The van der Waals surface area contributed by atoms with Gasteiger partial charge >= 0.3 is 0 Å². The molecular weight excluding hydrogens is 374 g/mol. The fraction of sp³-hybridized carbons (Fsp3) is 0.0952. The summed E-state index contributed by atoms with van der Waals surface area (Å²) in [4.78, 5) is 14.5. The average molecular weight is 390 g/mol. The van der Waals surface area contributed by atoms with Gasteiger partial charge in [0.1, 0.15) is 4.32 Å². The minimum absolute atomic E-state index is 0.0612. The third-order valence-electron chi connectivity index (χ3n) is 4.53. The van der Waals surface area contributed by atoms with Crippen molar-refractivity contribution in [2.45, 2.75) is 6.54 Å². The summed E-state index contributed by atoms with van der Waals surface area (Å²) in [6.07, 6.45) is 3.98. The van der Waals surface area contributed by atoms with E-state index in [4.69, 9.17) is 17.5 Å². The molecule has 0 spiro atoms. The second-order valence-corrected chi connectivity index (χ2v) is 7.95. The Kier molecular flexibility index (Phi) is 4.56. The molecule has 0 unspecified atom stereocenters. The topological polar surface area (TPSA) is 49.0 Å². The number of thiocarbonyl (C=S) groups is 1. The van der Waals surface area contributed by atoms with E-state index >= 15 is 0 Å². The molecule has 0 bridgehead atoms. The van der Waals surface area contributed by atoms with Gasteiger partial charge in [-0.1, -0.05) is 54.3 Å². The van der Waals surface area contributed by atoms with Gasteiger partial charge in [0, 0.05) is 36.3 Å². The van der Waals surface area contributed by atoms with E-state index in [1.807, 2.05) is 42.5 Å². The highest BCUT2D eigenvalue weighted by Gasteiger charge is 2.29. The van der Waals surface area contributed by atoms with Crippen LogP contribution in [0.2, 0.25) is 0 Å². The number of nitrogens with zero attached hydrogens (tertiary/aromatic N) is 3. The van der Waals surface area contributed by atoms with Gasteiger partial charge in [-0.05, 0) is 29.8 Å². The summed E-state index contributed by atoms with van der Waals surface area (Å²) >= 11 is 6.55. The fourth-order valence-corrected chi connectivity index (χ4v) is 4.26. The molecule has 0 radical (unpaired) electrons. The number of carbonyl (C=O) groups is 1. The van der Waals surface area contributed by atoms with Crippen LogP contribution in [0.1, 0.15) is 16.7 Å². The maximum absolute atomic E-state index is 12.3. The Labute approximate surface area is 166 Å². The number of thioether (sulfide) groups is 1. The van der Waals surface area contributed by atoms with E-state index in [0.29, 0.717) is 21.3 Å². The molecule has 27 heavy (non-hydrogen) atoms. The van der Waals surface area contributed by atoms with Crippen LogP contribution in [0.5, 0.6) is 0 Å². The molecule has 2 heterocycles. The van der Waals surface area contributed by atoms with Crippen molar-refractivity contribution in [2.75, 3.05) is 7.05 Å². The number of para-hydroxylation sites is 1. The van der Waals surface area contributed by atoms with Gasteiger partial charge in [-0.2, -0.15) is 5.26 Å². The van der Waals surface area contributed by atoms with E-state index in [-0.39, 0.29) is 5.91 Å². The zero-order chi connectivity index (χ0) is 19.0. The second kappa shape index (κ2) is 7.03. The zero-order valence-electron chi connectivity index (χ0n) is 14.5.